The highest BCUT2D eigenvalue weighted by atomic mass is 16.4. The summed E-state index contributed by atoms with van der Waals surface area (Å²) in [6.07, 6.45) is 1.14. The fraction of sp³-hybridized carbons (Fsp3) is 0.750. The zero-order valence-corrected chi connectivity index (χ0v) is 8.87. The highest BCUT2D eigenvalue weighted by Crippen LogP contribution is 1.91. The van der Waals surface area contributed by atoms with E-state index in [2.05, 4.69) is 0 Å². The monoisotopic (exact) mass is 237 g/mol. The largest absolute Gasteiger partial charge is 0.480 e. The van der Waals surface area contributed by atoms with E-state index in [9.17, 15) is 9.59 Å². The van der Waals surface area contributed by atoms with Crippen LogP contribution < -0.4 is 17.2 Å². The summed E-state index contributed by atoms with van der Waals surface area (Å²) in [6.45, 7) is -0.00366. The Morgan fingerprint density at radius 3 is 1.69 bits per heavy atom. The molecule has 8 heteroatoms. The zero-order valence-electron chi connectivity index (χ0n) is 8.87. The number of aliphatic carboxylic acids is 2. The smallest absolute Gasteiger partial charge is 0.322 e. The van der Waals surface area contributed by atoms with E-state index in [1.165, 1.54) is 0 Å². The molecule has 0 unspecified atom stereocenters. The molecule has 0 aromatic carbocycles. The Morgan fingerprint density at radius 1 is 1.06 bits per heavy atom. The van der Waals surface area contributed by atoms with Crippen molar-refractivity contribution >= 4 is 11.9 Å². The molecule has 0 rings (SSSR count). The van der Waals surface area contributed by atoms with Crippen LogP contribution in [-0.2, 0) is 9.59 Å². The van der Waals surface area contributed by atoms with Crippen molar-refractivity contribution in [2.45, 2.75) is 24.9 Å². The molecule has 0 saturated carbocycles. The minimum atomic E-state index is -1.18. The number of carboxylic acid groups (broad SMARTS) is 2. The number of hydrogen-bond donors (Lipinski definition) is 6. The first-order valence-electron chi connectivity index (χ1n) is 4.64. The number of nitrogens with two attached hydrogens (primary N) is 3. The highest BCUT2D eigenvalue weighted by Gasteiger charge is 2.08. The first-order chi connectivity index (χ1) is 7.36. The molecule has 0 aliphatic heterocycles. The lowest BCUT2D eigenvalue weighted by Gasteiger charge is -2.02. The maximum Gasteiger partial charge on any atom is 0.322 e. The molecule has 0 heterocycles. The Labute approximate surface area is 93.0 Å². The van der Waals surface area contributed by atoms with Gasteiger partial charge in [0.1, 0.15) is 12.1 Å². The number of hydrogen-bond acceptors (Lipinski definition) is 6. The molecule has 0 aliphatic rings. The highest BCUT2D eigenvalue weighted by molar-refractivity contribution is 5.73. The lowest BCUT2D eigenvalue weighted by molar-refractivity contribution is -0.140. The van der Waals surface area contributed by atoms with Crippen molar-refractivity contribution in [3.05, 3.63) is 0 Å². The van der Waals surface area contributed by atoms with Gasteiger partial charge in [-0.1, -0.05) is 0 Å². The summed E-state index contributed by atoms with van der Waals surface area (Å²) < 4.78 is 0. The van der Waals surface area contributed by atoms with Crippen molar-refractivity contribution < 1.29 is 24.9 Å². The second kappa shape index (κ2) is 10.3. The second-order valence-corrected chi connectivity index (χ2v) is 3.00. The van der Waals surface area contributed by atoms with Gasteiger partial charge in [-0.2, -0.15) is 0 Å². The van der Waals surface area contributed by atoms with Gasteiger partial charge in [-0.25, -0.2) is 0 Å². The van der Waals surface area contributed by atoms with Gasteiger partial charge in [-0.3, -0.25) is 9.59 Å². The quantitative estimate of drug-likeness (QED) is 0.294. The lowest BCUT2D eigenvalue weighted by atomic mass is 10.2. The Balaban J connectivity index is 0. The molecular weight excluding hydrogens is 218 g/mol. The van der Waals surface area contributed by atoms with Crippen LogP contribution in [0.15, 0.2) is 0 Å². The van der Waals surface area contributed by atoms with Gasteiger partial charge >= 0.3 is 11.9 Å². The van der Waals surface area contributed by atoms with Gasteiger partial charge in [0.25, 0.3) is 0 Å². The Kier molecular flexibility index (Phi) is 11.1. The van der Waals surface area contributed by atoms with Crippen LogP contribution in [0.5, 0.6) is 0 Å². The number of carboxylic acids is 2. The second-order valence-electron chi connectivity index (χ2n) is 3.00. The third-order valence-electron chi connectivity index (χ3n) is 1.55. The summed E-state index contributed by atoms with van der Waals surface area (Å²) in [6, 6.07) is -1.87. The normalized spacial score (nSPS) is 13.2. The molecule has 0 fully saturated rings. The van der Waals surface area contributed by atoms with E-state index in [0.29, 0.717) is 19.4 Å². The van der Waals surface area contributed by atoms with E-state index < -0.39 is 30.6 Å². The molecule has 9 N–H and O–H groups in total. The van der Waals surface area contributed by atoms with Gasteiger partial charge in [0.05, 0.1) is 6.61 Å². The average molecular weight is 237 g/mol. The molecule has 0 bridgehead atoms. The van der Waals surface area contributed by atoms with Crippen molar-refractivity contribution in [3.8, 4) is 0 Å². The number of aliphatic hydroxyl groups excluding tert-OH is 1. The molecule has 0 aromatic heterocycles. The van der Waals surface area contributed by atoms with Crippen LogP contribution in [0.4, 0.5) is 0 Å². The molecule has 0 spiro atoms. The molecule has 0 aromatic rings. The van der Waals surface area contributed by atoms with Gasteiger partial charge < -0.3 is 32.5 Å². The molecule has 16 heavy (non-hydrogen) atoms. The van der Waals surface area contributed by atoms with Crippen LogP contribution in [0.2, 0.25) is 0 Å². The van der Waals surface area contributed by atoms with E-state index in [4.69, 9.17) is 32.5 Å². The van der Waals surface area contributed by atoms with Crippen molar-refractivity contribution in [1.29, 1.82) is 0 Å². The molecule has 0 saturated heterocycles. The van der Waals surface area contributed by atoms with Crippen molar-refractivity contribution in [2.75, 3.05) is 13.2 Å². The summed E-state index contributed by atoms with van der Waals surface area (Å²) >= 11 is 0. The fourth-order valence-corrected chi connectivity index (χ4v) is 0.539. The van der Waals surface area contributed by atoms with E-state index in [1.807, 2.05) is 0 Å². The van der Waals surface area contributed by atoms with Gasteiger partial charge in [-0.15, -0.1) is 0 Å². The first-order valence-corrected chi connectivity index (χ1v) is 4.64. The molecule has 0 radical (unpaired) electrons. The summed E-state index contributed by atoms with van der Waals surface area (Å²) in [7, 11) is 0. The van der Waals surface area contributed by atoms with Crippen LogP contribution in [-0.4, -0.2) is 52.5 Å². The van der Waals surface area contributed by atoms with Crippen LogP contribution in [0.1, 0.15) is 12.8 Å². The van der Waals surface area contributed by atoms with E-state index >= 15 is 0 Å². The topological polar surface area (TPSA) is 173 Å². The summed E-state index contributed by atoms with van der Waals surface area (Å²) in [5.74, 6) is -2.13. The first kappa shape index (κ1) is 17.2. The lowest BCUT2D eigenvalue weighted by Crippen LogP contribution is -2.33. The third-order valence-corrected chi connectivity index (χ3v) is 1.55. The van der Waals surface area contributed by atoms with Crippen LogP contribution in [0.25, 0.3) is 0 Å². The molecule has 0 aliphatic carbocycles. The maximum atomic E-state index is 10.0. The van der Waals surface area contributed by atoms with Crippen LogP contribution in [0.3, 0.4) is 0 Å². The summed E-state index contributed by atoms with van der Waals surface area (Å²) in [4.78, 5) is 19.7. The van der Waals surface area contributed by atoms with Crippen LogP contribution >= 0.6 is 0 Å². The Bertz CT molecular complexity index is 212. The van der Waals surface area contributed by atoms with Crippen LogP contribution in [0, 0.1) is 0 Å². The predicted molar refractivity (Wildman–Crippen MR) is 56.6 cm³/mol. The number of carbonyl (C=O) groups is 2. The maximum absolute atomic E-state index is 10.0. The zero-order chi connectivity index (χ0) is 13.1. The van der Waals surface area contributed by atoms with Crippen molar-refractivity contribution in [3.63, 3.8) is 0 Å². The Hall–Kier alpha value is -1.22. The Morgan fingerprint density at radius 2 is 1.50 bits per heavy atom. The van der Waals surface area contributed by atoms with Gasteiger partial charge in [0.2, 0.25) is 0 Å². The van der Waals surface area contributed by atoms with Gasteiger partial charge in [0.15, 0.2) is 0 Å². The van der Waals surface area contributed by atoms with Crippen molar-refractivity contribution in [1.82, 2.24) is 0 Å². The standard InChI is InChI=1S/C5H12N2O2.C3H7NO3/c6-3-1-2-4(7)5(8)9;4-2(1-5)3(6)7/h4H,1-3,6-7H2,(H,8,9);2,5H,1,4H2,(H,6,7)/t4-;2-/m00/s1. The number of aliphatic hydroxyl groups is 1. The molecule has 8 nitrogen and oxygen atoms in total. The molecule has 0 amide bonds. The summed E-state index contributed by atoms with van der Waals surface area (Å²) in [5, 5.41) is 24.1. The fourth-order valence-electron chi connectivity index (χ4n) is 0.539. The molecule has 2 atom stereocenters. The molecule has 96 valence electrons. The SMILES string of the molecule is NCCC[C@H](N)C(=O)O.N[C@@H](CO)C(=O)O. The third kappa shape index (κ3) is 10.9. The van der Waals surface area contributed by atoms with E-state index in [0.717, 1.165) is 0 Å². The van der Waals surface area contributed by atoms with Gasteiger partial charge in [0, 0.05) is 0 Å². The molecular formula is C8H19N3O5. The van der Waals surface area contributed by atoms with E-state index in [1.54, 1.807) is 0 Å². The average Bonchev–Trinajstić information content (AvgIpc) is 2.25. The summed E-state index contributed by atoms with van der Waals surface area (Å²) in [5.41, 5.74) is 15.0. The van der Waals surface area contributed by atoms with Crippen molar-refractivity contribution in [2.24, 2.45) is 17.2 Å². The van der Waals surface area contributed by atoms with E-state index in [-0.39, 0.29) is 0 Å². The number of rotatable bonds is 6. The predicted octanol–water partition coefficient (Wildman–Crippen LogP) is -2.47. The minimum absolute atomic E-state index is 0.464. The van der Waals surface area contributed by atoms with Gasteiger partial charge in [-0.05, 0) is 19.4 Å². The minimum Gasteiger partial charge on any atom is -0.480 e.